The number of nitrogens with one attached hydrogen (secondary N) is 2. The van der Waals surface area contributed by atoms with Gasteiger partial charge in [0.15, 0.2) is 0 Å². The van der Waals surface area contributed by atoms with Gasteiger partial charge in [-0.2, -0.15) is 0 Å². The molecule has 0 heterocycles. The third-order valence-corrected chi connectivity index (χ3v) is 4.58. The molecule has 0 aliphatic carbocycles. The van der Waals surface area contributed by atoms with Crippen molar-refractivity contribution in [1.29, 1.82) is 0 Å². The van der Waals surface area contributed by atoms with Crippen LogP contribution in [0.5, 0.6) is 0 Å². The summed E-state index contributed by atoms with van der Waals surface area (Å²) < 4.78 is 4.89. The van der Waals surface area contributed by atoms with Gasteiger partial charge in [-0.3, -0.25) is 9.59 Å². The quantitative estimate of drug-likeness (QED) is 0.630. The molecule has 2 amide bonds. The predicted molar refractivity (Wildman–Crippen MR) is 106 cm³/mol. The summed E-state index contributed by atoms with van der Waals surface area (Å²) >= 11 is 1.58. The maximum absolute atomic E-state index is 12.0. The zero-order valence-corrected chi connectivity index (χ0v) is 15.7. The first-order valence-electron chi connectivity index (χ1n) is 8.43. The fourth-order valence-electron chi connectivity index (χ4n) is 2.28. The Kier molecular flexibility index (Phi) is 8.72. The molecule has 0 saturated heterocycles. The van der Waals surface area contributed by atoms with Crippen LogP contribution in [0.3, 0.4) is 0 Å². The topological polar surface area (TPSA) is 67.4 Å². The Labute approximate surface area is 158 Å². The Bertz CT molecular complexity index is 690. The molecule has 0 unspecified atom stereocenters. The van der Waals surface area contributed by atoms with Gasteiger partial charge in [0.2, 0.25) is 11.8 Å². The molecule has 2 rings (SSSR count). The van der Waals surface area contributed by atoms with Gasteiger partial charge in [-0.1, -0.05) is 42.5 Å². The fraction of sp³-hybridized carbons (Fsp3) is 0.300. The van der Waals surface area contributed by atoms with Crippen molar-refractivity contribution in [2.24, 2.45) is 0 Å². The van der Waals surface area contributed by atoms with E-state index in [1.165, 1.54) is 5.56 Å². The van der Waals surface area contributed by atoms with E-state index in [0.29, 0.717) is 25.3 Å². The monoisotopic (exact) mass is 372 g/mol. The van der Waals surface area contributed by atoms with Crippen molar-refractivity contribution in [1.82, 2.24) is 5.32 Å². The highest BCUT2D eigenvalue weighted by Crippen LogP contribution is 2.14. The predicted octanol–water partition coefficient (Wildman–Crippen LogP) is 2.86. The number of thioether (sulfide) groups is 1. The minimum Gasteiger partial charge on any atom is -0.383 e. The van der Waals surface area contributed by atoms with Crippen LogP contribution in [0.1, 0.15) is 11.1 Å². The molecule has 0 atom stereocenters. The maximum Gasteiger partial charge on any atom is 0.234 e. The molecule has 0 aliphatic heterocycles. The van der Waals surface area contributed by atoms with Gasteiger partial charge in [-0.05, 0) is 23.3 Å². The fourth-order valence-corrected chi connectivity index (χ4v) is 3.07. The molecule has 2 aromatic carbocycles. The normalized spacial score (nSPS) is 10.3. The molecule has 0 bridgehead atoms. The molecule has 0 spiro atoms. The summed E-state index contributed by atoms with van der Waals surface area (Å²) in [5, 5.41) is 5.65. The molecule has 2 N–H and O–H groups in total. The van der Waals surface area contributed by atoms with Gasteiger partial charge < -0.3 is 15.4 Å². The van der Waals surface area contributed by atoms with E-state index >= 15 is 0 Å². The number of amides is 2. The summed E-state index contributed by atoms with van der Waals surface area (Å²) in [5.41, 5.74) is 2.84. The Morgan fingerprint density at radius 1 is 0.962 bits per heavy atom. The summed E-state index contributed by atoms with van der Waals surface area (Å²) in [6.45, 7) is 1.00. The highest BCUT2D eigenvalue weighted by Gasteiger charge is 2.05. The van der Waals surface area contributed by atoms with E-state index < -0.39 is 0 Å². The van der Waals surface area contributed by atoms with Gasteiger partial charge in [-0.25, -0.2) is 0 Å². The van der Waals surface area contributed by atoms with E-state index in [9.17, 15) is 9.59 Å². The van der Waals surface area contributed by atoms with Crippen LogP contribution in [0.15, 0.2) is 54.6 Å². The Balaban J connectivity index is 1.70. The molecule has 138 valence electrons. The van der Waals surface area contributed by atoms with Crippen molar-refractivity contribution in [3.63, 3.8) is 0 Å². The van der Waals surface area contributed by atoms with Gasteiger partial charge in [0.1, 0.15) is 0 Å². The summed E-state index contributed by atoms with van der Waals surface area (Å²) in [5.74, 6) is 1.14. The van der Waals surface area contributed by atoms with Crippen molar-refractivity contribution in [2.45, 2.75) is 12.2 Å². The second-order valence-electron chi connectivity index (χ2n) is 5.74. The third kappa shape index (κ3) is 7.72. The van der Waals surface area contributed by atoms with E-state index in [0.717, 1.165) is 17.0 Å². The molecule has 0 radical (unpaired) electrons. The summed E-state index contributed by atoms with van der Waals surface area (Å²) in [4.78, 5) is 23.8. The van der Waals surface area contributed by atoms with Crippen LogP contribution < -0.4 is 10.6 Å². The van der Waals surface area contributed by atoms with E-state index in [4.69, 9.17) is 4.74 Å². The van der Waals surface area contributed by atoms with Crippen molar-refractivity contribution >= 4 is 29.3 Å². The molecule has 0 saturated carbocycles. The number of carbonyl (C=O) groups excluding carboxylic acids is 2. The molecular formula is C20H24N2O3S. The molecule has 26 heavy (non-hydrogen) atoms. The largest absolute Gasteiger partial charge is 0.383 e. The van der Waals surface area contributed by atoms with Crippen LogP contribution in [-0.2, 0) is 26.5 Å². The maximum atomic E-state index is 12.0. The van der Waals surface area contributed by atoms with E-state index in [1.54, 1.807) is 18.9 Å². The van der Waals surface area contributed by atoms with Gasteiger partial charge >= 0.3 is 0 Å². The van der Waals surface area contributed by atoms with Crippen LogP contribution in [0.25, 0.3) is 0 Å². The lowest BCUT2D eigenvalue weighted by Crippen LogP contribution is -2.28. The summed E-state index contributed by atoms with van der Waals surface area (Å²) in [6, 6.07) is 17.4. The number of anilines is 1. The SMILES string of the molecule is COCCNC(=O)Cc1ccc(NC(=O)CSCc2ccccc2)cc1. The minimum atomic E-state index is -0.0452. The van der Waals surface area contributed by atoms with Crippen molar-refractivity contribution in [3.8, 4) is 0 Å². The smallest absolute Gasteiger partial charge is 0.234 e. The molecule has 2 aromatic rings. The third-order valence-electron chi connectivity index (χ3n) is 3.58. The minimum absolute atomic E-state index is 0.0315. The average Bonchev–Trinajstić information content (AvgIpc) is 2.64. The summed E-state index contributed by atoms with van der Waals surface area (Å²) in [7, 11) is 1.60. The van der Waals surface area contributed by atoms with Gasteiger partial charge in [-0.15, -0.1) is 11.8 Å². The standard InChI is InChI=1S/C20H24N2O3S/c1-25-12-11-21-19(23)13-16-7-9-18(10-8-16)22-20(24)15-26-14-17-5-3-2-4-6-17/h2-10H,11-15H2,1H3,(H,21,23)(H,22,24). The molecule has 0 aliphatic rings. The van der Waals surface area contributed by atoms with Gasteiger partial charge in [0.05, 0.1) is 18.8 Å². The van der Waals surface area contributed by atoms with Crippen molar-refractivity contribution in [3.05, 3.63) is 65.7 Å². The number of ether oxygens (including phenoxy) is 1. The van der Waals surface area contributed by atoms with Gasteiger partial charge in [0, 0.05) is 25.1 Å². The first-order chi connectivity index (χ1) is 12.7. The Morgan fingerprint density at radius 2 is 1.69 bits per heavy atom. The highest BCUT2D eigenvalue weighted by atomic mass is 32.2. The number of carbonyl (C=O) groups is 2. The lowest BCUT2D eigenvalue weighted by atomic mass is 10.1. The molecule has 0 fully saturated rings. The number of rotatable bonds is 10. The zero-order valence-electron chi connectivity index (χ0n) is 14.9. The lowest BCUT2D eigenvalue weighted by molar-refractivity contribution is -0.120. The number of hydrogen-bond donors (Lipinski definition) is 2. The van der Waals surface area contributed by atoms with Crippen LogP contribution in [0.2, 0.25) is 0 Å². The first kappa shape index (κ1) is 20.0. The molecule has 0 aromatic heterocycles. The van der Waals surface area contributed by atoms with Crippen molar-refractivity contribution in [2.75, 3.05) is 31.3 Å². The van der Waals surface area contributed by atoms with E-state index in [-0.39, 0.29) is 11.8 Å². The van der Waals surface area contributed by atoms with E-state index in [1.807, 2.05) is 42.5 Å². The van der Waals surface area contributed by atoms with Crippen LogP contribution in [0.4, 0.5) is 5.69 Å². The van der Waals surface area contributed by atoms with Crippen LogP contribution in [0, 0.1) is 0 Å². The summed E-state index contributed by atoms with van der Waals surface area (Å²) in [6.07, 6.45) is 0.310. The Hall–Kier alpha value is -2.31. The zero-order chi connectivity index (χ0) is 18.6. The average molecular weight is 372 g/mol. The lowest BCUT2D eigenvalue weighted by Gasteiger charge is -2.07. The number of methoxy groups -OCH3 is 1. The molecular weight excluding hydrogens is 348 g/mol. The van der Waals surface area contributed by atoms with Gasteiger partial charge in [0.25, 0.3) is 0 Å². The molecule has 6 heteroatoms. The number of benzene rings is 2. The van der Waals surface area contributed by atoms with Crippen LogP contribution in [-0.4, -0.2) is 37.8 Å². The second kappa shape index (κ2) is 11.3. The first-order valence-corrected chi connectivity index (χ1v) is 9.59. The van der Waals surface area contributed by atoms with Crippen LogP contribution >= 0.6 is 11.8 Å². The Morgan fingerprint density at radius 3 is 2.38 bits per heavy atom. The second-order valence-corrected chi connectivity index (χ2v) is 6.73. The van der Waals surface area contributed by atoms with E-state index in [2.05, 4.69) is 22.8 Å². The molecule has 5 nitrogen and oxygen atoms in total. The van der Waals surface area contributed by atoms with Crippen molar-refractivity contribution < 1.29 is 14.3 Å². The highest BCUT2D eigenvalue weighted by molar-refractivity contribution is 7.99. The number of hydrogen-bond acceptors (Lipinski definition) is 4.